The quantitative estimate of drug-likeness (QED) is 0.200. The first kappa shape index (κ1) is 33.5. The molecule has 0 aliphatic carbocycles. The molecule has 0 aliphatic rings. The number of sulfonamides is 1. The van der Waals surface area contributed by atoms with Crippen LogP contribution in [-0.2, 0) is 30.8 Å². The van der Waals surface area contributed by atoms with Crippen molar-refractivity contribution in [2.45, 2.75) is 62.6 Å². The Morgan fingerprint density at radius 1 is 1.05 bits per heavy atom. The van der Waals surface area contributed by atoms with Crippen LogP contribution in [0, 0.1) is 0 Å². The summed E-state index contributed by atoms with van der Waals surface area (Å²) < 4.78 is 38.8. The molecule has 13 heteroatoms. The third-order valence-electron chi connectivity index (χ3n) is 6.25. The average molecular weight is 593 g/mol. The molecule has 226 valence electrons. The van der Waals surface area contributed by atoms with Crippen LogP contribution in [-0.4, -0.2) is 80.7 Å². The van der Waals surface area contributed by atoms with Gasteiger partial charge in [0.25, 0.3) is 0 Å². The van der Waals surface area contributed by atoms with E-state index in [9.17, 15) is 27.9 Å². The first-order chi connectivity index (χ1) is 19.5. The SMILES string of the molecule is CCCCCN(CC(O)C(Cc1ccccc1)NC(=O)OCC(NC(C)=O)C(N)=O)S(=O)(=O)c1cccc(OC)c1. The molecule has 3 amide bonds. The van der Waals surface area contributed by atoms with E-state index in [0.717, 1.165) is 18.4 Å². The Kier molecular flexibility index (Phi) is 13.5. The molecule has 0 fully saturated rings. The number of nitrogens with two attached hydrogens (primary N) is 1. The summed E-state index contributed by atoms with van der Waals surface area (Å²) in [5, 5.41) is 16.2. The van der Waals surface area contributed by atoms with Crippen molar-refractivity contribution in [2.24, 2.45) is 5.73 Å². The van der Waals surface area contributed by atoms with E-state index in [1.54, 1.807) is 36.4 Å². The third-order valence-corrected chi connectivity index (χ3v) is 8.11. The van der Waals surface area contributed by atoms with Crippen molar-refractivity contribution >= 4 is 27.9 Å². The standard InChI is InChI=1S/C28H40N4O8S/c1-4-5-9-15-32(41(37,38)23-14-10-13-22(17-23)39-3)18-26(34)24(16-21-11-7-6-8-12-21)31-28(36)40-19-25(27(29)35)30-20(2)33/h6-8,10-14,17,24-26,34H,4-5,9,15-16,18-19H2,1-3H3,(H2,29,35)(H,30,33)(H,31,36). The normalized spacial score (nSPS) is 13.6. The van der Waals surface area contributed by atoms with Crippen LogP contribution in [0.3, 0.4) is 0 Å². The van der Waals surface area contributed by atoms with Crippen molar-refractivity contribution in [3.63, 3.8) is 0 Å². The van der Waals surface area contributed by atoms with E-state index in [4.69, 9.17) is 15.2 Å². The Hall–Kier alpha value is -3.68. The second kappa shape index (κ2) is 16.6. The molecule has 5 N–H and O–H groups in total. The second-order valence-corrected chi connectivity index (χ2v) is 11.4. The van der Waals surface area contributed by atoms with Crippen molar-refractivity contribution in [2.75, 3.05) is 26.8 Å². The zero-order valence-corrected chi connectivity index (χ0v) is 24.4. The maximum atomic E-state index is 13.6. The van der Waals surface area contributed by atoms with Gasteiger partial charge in [-0.2, -0.15) is 4.31 Å². The highest BCUT2D eigenvalue weighted by Crippen LogP contribution is 2.22. The highest BCUT2D eigenvalue weighted by Gasteiger charge is 2.31. The van der Waals surface area contributed by atoms with Crippen LogP contribution in [0.15, 0.2) is 59.5 Å². The van der Waals surface area contributed by atoms with E-state index in [1.165, 1.54) is 30.5 Å². The smallest absolute Gasteiger partial charge is 0.407 e. The van der Waals surface area contributed by atoms with Gasteiger partial charge in [0.2, 0.25) is 21.8 Å². The lowest BCUT2D eigenvalue weighted by atomic mass is 10.0. The maximum absolute atomic E-state index is 13.6. The Labute approximate surface area is 241 Å². The van der Waals surface area contributed by atoms with Crippen molar-refractivity contribution in [1.82, 2.24) is 14.9 Å². The molecule has 0 bridgehead atoms. The Balaban J connectivity index is 2.28. The fourth-order valence-corrected chi connectivity index (χ4v) is 5.57. The van der Waals surface area contributed by atoms with E-state index in [-0.39, 0.29) is 24.4 Å². The minimum Gasteiger partial charge on any atom is -0.497 e. The number of hydrogen-bond acceptors (Lipinski definition) is 8. The number of benzene rings is 2. The Bertz CT molecular complexity index is 1240. The van der Waals surface area contributed by atoms with Gasteiger partial charge in [-0.3, -0.25) is 9.59 Å². The number of aliphatic hydroxyl groups excluding tert-OH is 1. The third kappa shape index (κ3) is 11.0. The van der Waals surface area contributed by atoms with Gasteiger partial charge in [0.15, 0.2) is 0 Å². The molecule has 12 nitrogen and oxygen atoms in total. The number of alkyl carbamates (subject to hydrolysis) is 1. The minimum absolute atomic E-state index is 0.0167. The fraction of sp³-hybridized carbons (Fsp3) is 0.464. The van der Waals surface area contributed by atoms with E-state index in [2.05, 4.69) is 10.6 Å². The maximum Gasteiger partial charge on any atom is 0.407 e. The summed E-state index contributed by atoms with van der Waals surface area (Å²) in [6.45, 7) is 2.51. The van der Waals surface area contributed by atoms with Gasteiger partial charge >= 0.3 is 6.09 Å². The lowest BCUT2D eigenvalue weighted by Gasteiger charge is -2.30. The summed E-state index contributed by atoms with van der Waals surface area (Å²) in [4.78, 5) is 35.6. The molecule has 0 heterocycles. The molecule has 2 aromatic carbocycles. The zero-order valence-electron chi connectivity index (χ0n) is 23.6. The largest absolute Gasteiger partial charge is 0.497 e. The molecule has 0 aromatic heterocycles. The van der Waals surface area contributed by atoms with Gasteiger partial charge in [-0.05, 0) is 30.5 Å². The number of nitrogens with one attached hydrogen (secondary N) is 2. The van der Waals surface area contributed by atoms with E-state index in [0.29, 0.717) is 12.2 Å². The highest BCUT2D eigenvalue weighted by molar-refractivity contribution is 7.89. The molecular weight excluding hydrogens is 552 g/mol. The topological polar surface area (TPSA) is 177 Å². The van der Waals surface area contributed by atoms with E-state index in [1.807, 2.05) is 13.0 Å². The molecule has 0 saturated heterocycles. The van der Waals surface area contributed by atoms with Gasteiger partial charge in [0.1, 0.15) is 18.4 Å². The first-order valence-electron chi connectivity index (χ1n) is 13.3. The predicted octanol–water partition coefficient (Wildman–Crippen LogP) is 1.56. The fourth-order valence-electron chi connectivity index (χ4n) is 4.04. The number of ether oxygens (including phenoxy) is 2. The van der Waals surface area contributed by atoms with Gasteiger partial charge in [0.05, 0.1) is 24.2 Å². The molecule has 3 unspecified atom stereocenters. The lowest BCUT2D eigenvalue weighted by molar-refractivity contribution is -0.127. The number of nitrogens with zero attached hydrogens (tertiary/aromatic N) is 1. The molecule has 0 aliphatic heterocycles. The number of unbranched alkanes of at least 4 members (excludes halogenated alkanes) is 2. The van der Waals surface area contributed by atoms with Crippen molar-refractivity contribution in [3.05, 3.63) is 60.2 Å². The van der Waals surface area contributed by atoms with Crippen LogP contribution >= 0.6 is 0 Å². The van der Waals surface area contributed by atoms with Crippen LogP contribution in [0.4, 0.5) is 4.79 Å². The molecule has 2 aromatic rings. The van der Waals surface area contributed by atoms with Gasteiger partial charge in [-0.15, -0.1) is 0 Å². The molecule has 41 heavy (non-hydrogen) atoms. The number of primary amides is 1. The number of carbonyl (C=O) groups excluding carboxylic acids is 3. The van der Waals surface area contributed by atoms with Crippen molar-refractivity contribution < 1.29 is 37.4 Å². The minimum atomic E-state index is -4.03. The number of rotatable bonds is 17. The van der Waals surface area contributed by atoms with Crippen molar-refractivity contribution in [1.29, 1.82) is 0 Å². The van der Waals surface area contributed by atoms with E-state index >= 15 is 0 Å². The summed E-state index contributed by atoms with van der Waals surface area (Å²) in [7, 11) is -2.59. The van der Waals surface area contributed by atoms with Crippen molar-refractivity contribution in [3.8, 4) is 5.75 Å². The van der Waals surface area contributed by atoms with Crippen LogP contribution < -0.4 is 21.1 Å². The van der Waals surface area contributed by atoms with Crippen LogP contribution in [0.2, 0.25) is 0 Å². The average Bonchev–Trinajstić information content (AvgIpc) is 2.94. The molecule has 0 spiro atoms. The van der Waals surface area contributed by atoms with Gasteiger partial charge in [-0.1, -0.05) is 56.2 Å². The summed E-state index contributed by atoms with van der Waals surface area (Å²) in [5.74, 6) is -1.05. The van der Waals surface area contributed by atoms with Gasteiger partial charge in [-0.25, -0.2) is 13.2 Å². The zero-order chi connectivity index (χ0) is 30.4. The number of carbonyl (C=O) groups is 3. The summed E-state index contributed by atoms with van der Waals surface area (Å²) >= 11 is 0. The molecular formula is C28H40N4O8S. The molecule has 0 saturated carbocycles. The van der Waals surface area contributed by atoms with Gasteiger partial charge in [0, 0.05) is 26.1 Å². The van der Waals surface area contributed by atoms with Crippen LogP contribution in [0.1, 0.15) is 38.7 Å². The molecule has 3 atom stereocenters. The summed E-state index contributed by atoms with van der Waals surface area (Å²) in [6.07, 6.45) is 0.0621. The number of hydrogen-bond donors (Lipinski definition) is 4. The molecule has 0 radical (unpaired) electrons. The van der Waals surface area contributed by atoms with Crippen LogP contribution in [0.5, 0.6) is 5.75 Å². The number of methoxy groups -OCH3 is 1. The summed E-state index contributed by atoms with van der Waals surface area (Å²) in [5.41, 5.74) is 6.04. The van der Waals surface area contributed by atoms with Crippen LogP contribution in [0.25, 0.3) is 0 Å². The van der Waals surface area contributed by atoms with E-state index < -0.39 is 52.7 Å². The number of aliphatic hydroxyl groups is 1. The second-order valence-electron chi connectivity index (χ2n) is 9.51. The monoisotopic (exact) mass is 592 g/mol. The number of amides is 3. The Morgan fingerprint density at radius 2 is 1.76 bits per heavy atom. The molecule has 2 rings (SSSR count). The van der Waals surface area contributed by atoms with Gasteiger partial charge < -0.3 is 30.9 Å². The Morgan fingerprint density at radius 3 is 2.37 bits per heavy atom. The first-order valence-corrected chi connectivity index (χ1v) is 14.8. The summed E-state index contributed by atoms with van der Waals surface area (Å²) in [6, 6.07) is 12.9. The lowest BCUT2D eigenvalue weighted by Crippen LogP contribution is -2.52. The highest BCUT2D eigenvalue weighted by atomic mass is 32.2. The predicted molar refractivity (Wildman–Crippen MR) is 153 cm³/mol.